The van der Waals surface area contributed by atoms with Gasteiger partial charge in [-0.2, -0.15) is 0 Å². The number of benzene rings is 2. The average Bonchev–Trinajstić information content (AvgIpc) is 3.53. The van der Waals surface area contributed by atoms with Gasteiger partial charge in [-0.15, -0.1) is 0 Å². The molecule has 1 saturated carbocycles. The molecule has 2 fully saturated rings. The third kappa shape index (κ3) is 4.62. The maximum absolute atomic E-state index is 14.4. The van der Waals surface area contributed by atoms with Crippen molar-refractivity contribution in [2.45, 2.75) is 37.6 Å². The number of carbonyl (C=O) groups is 1. The highest BCUT2D eigenvalue weighted by molar-refractivity contribution is 7.82. The topological polar surface area (TPSA) is 49.4 Å². The SMILES string of the molecule is CS(=O)NC1CCCN(C(=O)C2CC2c2ccccc2-c2cc(F)ccc2F)CC1. The van der Waals surface area contributed by atoms with Crippen molar-refractivity contribution < 1.29 is 17.8 Å². The second kappa shape index (κ2) is 8.94. The van der Waals surface area contributed by atoms with Crippen molar-refractivity contribution in [2.75, 3.05) is 19.3 Å². The third-order valence-corrected chi connectivity index (χ3v) is 6.72. The van der Waals surface area contributed by atoms with E-state index in [0.29, 0.717) is 18.7 Å². The van der Waals surface area contributed by atoms with Crippen LogP contribution in [-0.2, 0) is 15.8 Å². The van der Waals surface area contributed by atoms with E-state index in [0.717, 1.165) is 43.4 Å². The lowest BCUT2D eigenvalue weighted by Crippen LogP contribution is -2.35. The number of amides is 1. The van der Waals surface area contributed by atoms with E-state index in [2.05, 4.69) is 4.72 Å². The van der Waals surface area contributed by atoms with Gasteiger partial charge in [0.1, 0.15) is 11.6 Å². The maximum Gasteiger partial charge on any atom is 0.226 e. The van der Waals surface area contributed by atoms with E-state index in [-0.39, 0.29) is 29.3 Å². The summed E-state index contributed by atoms with van der Waals surface area (Å²) in [6, 6.07) is 11.0. The molecule has 0 spiro atoms. The Bertz CT molecular complexity index is 968. The number of nitrogens with one attached hydrogen (secondary N) is 1. The van der Waals surface area contributed by atoms with Crippen molar-refractivity contribution in [3.05, 3.63) is 59.7 Å². The van der Waals surface area contributed by atoms with Crippen molar-refractivity contribution in [1.82, 2.24) is 9.62 Å². The molecule has 0 radical (unpaired) electrons. The number of carbonyl (C=O) groups excluding carboxylic acids is 1. The molecule has 1 heterocycles. The van der Waals surface area contributed by atoms with E-state index in [1.165, 1.54) is 6.07 Å². The van der Waals surface area contributed by atoms with Crippen LogP contribution < -0.4 is 4.72 Å². The van der Waals surface area contributed by atoms with Crippen LogP contribution >= 0.6 is 0 Å². The Labute approximate surface area is 178 Å². The molecular formula is C23H26F2N2O2S. The van der Waals surface area contributed by atoms with Gasteiger partial charge in [0, 0.05) is 36.9 Å². The predicted molar refractivity (Wildman–Crippen MR) is 114 cm³/mol. The molecule has 0 bridgehead atoms. The minimum Gasteiger partial charge on any atom is -0.342 e. The second-order valence-electron chi connectivity index (χ2n) is 8.19. The Balaban J connectivity index is 1.48. The molecule has 4 unspecified atom stereocenters. The van der Waals surface area contributed by atoms with Crippen LogP contribution in [0.4, 0.5) is 8.78 Å². The minimum atomic E-state index is -1.06. The Hall–Kier alpha value is -2.12. The van der Waals surface area contributed by atoms with Gasteiger partial charge in [-0.25, -0.2) is 17.7 Å². The maximum atomic E-state index is 14.4. The molecule has 1 amide bonds. The van der Waals surface area contributed by atoms with Crippen LogP contribution in [0, 0.1) is 17.6 Å². The fourth-order valence-electron chi connectivity index (χ4n) is 4.48. The summed E-state index contributed by atoms with van der Waals surface area (Å²) in [5.41, 5.74) is 1.79. The molecule has 4 atom stereocenters. The van der Waals surface area contributed by atoms with Crippen molar-refractivity contribution in [2.24, 2.45) is 5.92 Å². The van der Waals surface area contributed by atoms with E-state index in [1.807, 2.05) is 23.1 Å². The normalized spacial score (nSPS) is 24.9. The molecular weight excluding hydrogens is 406 g/mol. The van der Waals surface area contributed by atoms with Gasteiger partial charge >= 0.3 is 0 Å². The predicted octanol–water partition coefficient (Wildman–Crippen LogP) is 4.00. The zero-order valence-electron chi connectivity index (χ0n) is 16.9. The molecule has 160 valence electrons. The van der Waals surface area contributed by atoms with Gasteiger partial charge < -0.3 is 4.90 Å². The Morgan fingerprint density at radius 2 is 1.90 bits per heavy atom. The summed E-state index contributed by atoms with van der Waals surface area (Å²) < 4.78 is 42.6. The molecule has 4 nitrogen and oxygen atoms in total. The van der Waals surface area contributed by atoms with E-state index < -0.39 is 22.6 Å². The monoisotopic (exact) mass is 432 g/mol. The molecule has 1 N–H and O–H groups in total. The summed E-state index contributed by atoms with van der Waals surface area (Å²) in [5, 5.41) is 0. The van der Waals surface area contributed by atoms with Crippen molar-refractivity contribution in [1.29, 1.82) is 0 Å². The van der Waals surface area contributed by atoms with Crippen LogP contribution in [0.5, 0.6) is 0 Å². The van der Waals surface area contributed by atoms with Crippen molar-refractivity contribution >= 4 is 16.9 Å². The van der Waals surface area contributed by atoms with Crippen molar-refractivity contribution in [3.63, 3.8) is 0 Å². The zero-order valence-corrected chi connectivity index (χ0v) is 17.8. The van der Waals surface area contributed by atoms with Gasteiger partial charge in [0.2, 0.25) is 5.91 Å². The van der Waals surface area contributed by atoms with Crippen LogP contribution in [-0.4, -0.2) is 40.4 Å². The smallest absolute Gasteiger partial charge is 0.226 e. The number of halogens is 2. The minimum absolute atomic E-state index is 0.0247. The lowest BCUT2D eigenvalue weighted by atomic mass is 9.95. The molecule has 7 heteroatoms. The van der Waals surface area contributed by atoms with Crippen LogP contribution in [0.1, 0.15) is 37.2 Å². The highest BCUT2D eigenvalue weighted by Crippen LogP contribution is 2.51. The summed E-state index contributed by atoms with van der Waals surface area (Å²) in [6.07, 6.45) is 4.92. The van der Waals surface area contributed by atoms with Gasteiger partial charge in [0.25, 0.3) is 0 Å². The summed E-state index contributed by atoms with van der Waals surface area (Å²) in [6.45, 7) is 1.36. The summed E-state index contributed by atoms with van der Waals surface area (Å²) >= 11 is 0. The first-order valence-corrected chi connectivity index (χ1v) is 11.9. The summed E-state index contributed by atoms with van der Waals surface area (Å²) in [5.74, 6) is -0.908. The van der Waals surface area contributed by atoms with E-state index in [4.69, 9.17) is 0 Å². The first-order chi connectivity index (χ1) is 14.4. The summed E-state index contributed by atoms with van der Waals surface area (Å²) in [7, 11) is -1.06. The fraction of sp³-hybridized carbons (Fsp3) is 0.435. The van der Waals surface area contributed by atoms with Crippen LogP contribution in [0.2, 0.25) is 0 Å². The first kappa shape index (κ1) is 21.1. The number of hydrogen-bond donors (Lipinski definition) is 1. The van der Waals surface area contributed by atoms with E-state index in [1.54, 1.807) is 12.3 Å². The number of nitrogens with zero attached hydrogens (tertiary/aromatic N) is 1. The molecule has 30 heavy (non-hydrogen) atoms. The lowest BCUT2D eigenvalue weighted by molar-refractivity contribution is -0.132. The molecule has 2 aromatic carbocycles. The standard InChI is InChI=1S/C23H26F2N2O2S/c1-30(29)26-16-5-4-11-27(12-10-16)23(28)21-14-19(21)17-6-2-3-7-18(17)20-13-15(24)8-9-22(20)25/h2-3,6-9,13,16,19,21,26H,4-5,10-12,14H2,1H3. The molecule has 0 aromatic heterocycles. The van der Waals surface area contributed by atoms with Crippen LogP contribution in [0.15, 0.2) is 42.5 Å². The zero-order chi connectivity index (χ0) is 21.3. The second-order valence-corrected chi connectivity index (χ2v) is 9.33. The Morgan fingerprint density at radius 3 is 2.70 bits per heavy atom. The van der Waals surface area contributed by atoms with E-state index in [9.17, 15) is 17.8 Å². The van der Waals surface area contributed by atoms with Crippen LogP contribution in [0.3, 0.4) is 0 Å². The fourth-order valence-corrected chi connectivity index (χ4v) is 5.19. The van der Waals surface area contributed by atoms with Crippen molar-refractivity contribution in [3.8, 4) is 11.1 Å². The number of hydrogen-bond acceptors (Lipinski definition) is 2. The Kier molecular flexibility index (Phi) is 6.29. The third-order valence-electron chi connectivity index (χ3n) is 6.06. The molecule has 1 aliphatic carbocycles. The van der Waals surface area contributed by atoms with Crippen LogP contribution in [0.25, 0.3) is 11.1 Å². The van der Waals surface area contributed by atoms with Gasteiger partial charge in [-0.1, -0.05) is 24.3 Å². The van der Waals surface area contributed by atoms with E-state index >= 15 is 0 Å². The molecule has 4 rings (SSSR count). The number of rotatable bonds is 5. The summed E-state index contributed by atoms with van der Waals surface area (Å²) in [4.78, 5) is 15.0. The van der Waals surface area contributed by atoms with Gasteiger partial charge in [0.05, 0.1) is 11.0 Å². The van der Waals surface area contributed by atoms with Gasteiger partial charge in [0.15, 0.2) is 0 Å². The Morgan fingerprint density at radius 1 is 1.10 bits per heavy atom. The molecule has 2 aromatic rings. The molecule has 2 aliphatic rings. The lowest BCUT2D eigenvalue weighted by Gasteiger charge is -2.21. The highest BCUT2D eigenvalue weighted by Gasteiger charge is 2.46. The highest BCUT2D eigenvalue weighted by atomic mass is 32.2. The largest absolute Gasteiger partial charge is 0.342 e. The number of likely N-dealkylation sites (tertiary alicyclic amines) is 1. The van der Waals surface area contributed by atoms with Gasteiger partial charge in [-0.05, 0) is 60.9 Å². The first-order valence-electron chi connectivity index (χ1n) is 10.4. The average molecular weight is 433 g/mol. The molecule has 1 saturated heterocycles. The molecule has 1 aliphatic heterocycles. The quantitative estimate of drug-likeness (QED) is 0.777. The van der Waals surface area contributed by atoms with Gasteiger partial charge in [-0.3, -0.25) is 4.79 Å².